The van der Waals surface area contributed by atoms with Crippen LogP contribution in [0.2, 0.25) is 0 Å². The largest absolute Gasteiger partial charge is 0.479 e. The molecule has 9 heteroatoms. The van der Waals surface area contributed by atoms with Crippen molar-refractivity contribution in [2.75, 3.05) is 18.6 Å². The molecule has 1 amide bonds. The first-order chi connectivity index (χ1) is 18.4. The number of thiophene rings is 1. The summed E-state index contributed by atoms with van der Waals surface area (Å²) in [5, 5.41) is 9.07. The van der Waals surface area contributed by atoms with Crippen molar-refractivity contribution in [3.8, 4) is 16.2 Å². The van der Waals surface area contributed by atoms with Gasteiger partial charge in [0.25, 0.3) is 5.91 Å². The van der Waals surface area contributed by atoms with Crippen LogP contribution in [-0.4, -0.2) is 42.7 Å². The van der Waals surface area contributed by atoms with Crippen molar-refractivity contribution in [3.05, 3.63) is 75.6 Å². The number of esters is 1. The zero-order valence-corrected chi connectivity index (χ0v) is 23.3. The van der Waals surface area contributed by atoms with E-state index in [1.807, 2.05) is 65.6 Å². The molecule has 1 fully saturated rings. The Morgan fingerprint density at radius 2 is 1.82 bits per heavy atom. The molecule has 0 unspecified atom stereocenters. The van der Waals surface area contributed by atoms with E-state index in [4.69, 9.17) is 14.6 Å². The number of carbonyl (C=O) groups excluding carboxylic acids is 2. The van der Waals surface area contributed by atoms with Crippen LogP contribution in [0.3, 0.4) is 0 Å². The third kappa shape index (κ3) is 6.52. The number of carboxylic acids is 1. The number of aliphatic carboxylic acids is 1. The normalized spacial score (nSPS) is 13.8. The minimum Gasteiger partial charge on any atom is -0.479 e. The molecule has 1 heterocycles. The van der Waals surface area contributed by atoms with Crippen LogP contribution in [0.25, 0.3) is 16.5 Å². The molecule has 1 aliphatic rings. The Bertz CT molecular complexity index is 1330. The van der Waals surface area contributed by atoms with Gasteiger partial charge in [0.2, 0.25) is 0 Å². The number of carboxylic acid groups (broad SMARTS) is 1. The maximum atomic E-state index is 13.6. The van der Waals surface area contributed by atoms with Gasteiger partial charge >= 0.3 is 11.9 Å². The molecule has 1 N–H and O–H groups in total. The van der Waals surface area contributed by atoms with Gasteiger partial charge in [-0.15, -0.1) is 11.3 Å². The first-order valence-electron chi connectivity index (χ1n) is 12.3. The molecule has 3 aromatic rings. The molecule has 2 aromatic carbocycles. The molecule has 0 saturated heterocycles. The smallest absolute Gasteiger partial charge is 0.351 e. The highest BCUT2D eigenvalue weighted by Gasteiger charge is 2.28. The minimum absolute atomic E-state index is 0.0822. The molecule has 0 atom stereocenters. The summed E-state index contributed by atoms with van der Waals surface area (Å²) in [5.41, 5.74) is 2.46. The van der Waals surface area contributed by atoms with Gasteiger partial charge in [0.05, 0.1) is 16.5 Å². The number of hydrogen-bond donors (Lipinski definition) is 1. The Kier molecular flexibility index (Phi) is 9.36. The third-order valence-corrected chi connectivity index (χ3v) is 8.52. The Labute approximate surface area is 233 Å². The Hall–Kier alpha value is -3.43. The zero-order chi connectivity index (χ0) is 27.1. The van der Waals surface area contributed by atoms with Crippen molar-refractivity contribution in [1.82, 2.24) is 0 Å². The van der Waals surface area contributed by atoms with Gasteiger partial charge in [0.15, 0.2) is 17.2 Å². The van der Waals surface area contributed by atoms with Crippen LogP contribution in [0.15, 0.2) is 65.1 Å². The van der Waals surface area contributed by atoms with E-state index in [0.717, 1.165) is 60.3 Å². The molecule has 38 heavy (non-hydrogen) atoms. The van der Waals surface area contributed by atoms with Crippen molar-refractivity contribution in [2.24, 2.45) is 0 Å². The molecule has 1 aliphatic carbocycles. The molecule has 7 nitrogen and oxygen atoms in total. The number of ether oxygens (including phenoxy) is 2. The summed E-state index contributed by atoms with van der Waals surface area (Å²) in [6.45, 7) is -0.601. The van der Waals surface area contributed by atoms with Gasteiger partial charge < -0.3 is 19.5 Å². The predicted octanol–water partition coefficient (Wildman–Crippen LogP) is 6.81. The first kappa shape index (κ1) is 27.6. The van der Waals surface area contributed by atoms with E-state index in [1.165, 1.54) is 7.11 Å². The summed E-state index contributed by atoms with van der Waals surface area (Å²) in [5.74, 6) is -1.75. The van der Waals surface area contributed by atoms with Gasteiger partial charge in [-0.1, -0.05) is 61.7 Å². The SMILES string of the molecule is COC(=O)c1sc(-c2cccc(N(C(=O)/C=C/c3ccccc3)C3CCCCC3)c2)c(Br)c1OCC(=O)O. The van der Waals surface area contributed by atoms with E-state index < -0.39 is 18.5 Å². The van der Waals surface area contributed by atoms with Crippen molar-refractivity contribution in [3.63, 3.8) is 0 Å². The predicted molar refractivity (Wildman–Crippen MR) is 152 cm³/mol. The van der Waals surface area contributed by atoms with Gasteiger partial charge in [-0.25, -0.2) is 9.59 Å². The maximum absolute atomic E-state index is 13.6. The second-order valence-electron chi connectivity index (χ2n) is 8.87. The van der Waals surface area contributed by atoms with Crippen LogP contribution in [-0.2, 0) is 14.3 Å². The fraction of sp³-hybridized carbons (Fsp3) is 0.276. The lowest BCUT2D eigenvalue weighted by atomic mass is 9.93. The molecule has 0 spiro atoms. The van der Waals surface area contributed by atoms with Crippen LogP contribution >= 0.6 is 27.3 Å². The lowest BCUT2D eigenvalue weighted by Crippen LogP contribution is -2.40. The number of rotatable bonds is 9. The van der Waals surface area contributed by atoms with Crippen LogP contribution in [0.4, 0.5) is 5.69 Å². The van der Waals surface area contributed by atoms with Crippen LogP contribution in [0.5, 0.6) is 5.75 Å². The van der Waals surface area contributed by atoms with Crippen LogP contribution < -0.4 is 9.64 Å². The number of halogens is 1. The molecule has 1 aromatic heterocycles. The van der Waals surface area contributed by atoms with E-state index in [0.29, 0.717) is 9.35 Å². The summed E-state index contributed by atoms with van der Waals surface area (Å²) in [4.78, 5) is 39.8. The summed E-state index contributed by atoms with van der Waals surface area (Å²) >= 11 is 4.64. The highest BCUT2D eigenvalue weighted by atomic mass is 79.9. The van der Waals surface area contributed by atoms with Gasteiger partial charge in [0.1, 0.15) is 0 Å². The number of amides is 1. The monoisotopic (exact) mass is 597 g/mol. The highest BCUT2D eigenvalue weighted by Crippen LogP contribution is 2.46. The zero-order valence-electron chi connectivity index (χ0n) is 20.9. The Balaban J connectivity index is 1.72. The van der Waals surface area contributed by atoms with E-state index in [-0.39, 0.29) is 22.6 Å². The number of carbonyl (C=O) groups is 3. The quantitative estimate of drug-likeness (QED) is 0.215. The highest BCUT2D eigenvalue weighted by molar-refractivity contribution is 9.10. The fourth-order valence-electron chi connectivity index (χ4n) is 4.54. The number of methoxy groups -OCH3 is 1. The minimum atomic E-state index is -1.16. The van der Waals surface area contributed by atoms with Crippen molar-refractivity contribution in [2.45, 2.75) is 38.1 Å². The number of benzene rings is 2. The summed E-state index contributed by atoms with van der Waals surface area (Å²) in [7, 11) is 1.26. The second kappa shape index (κ2) is 12.9. The summed E-state index contributed by atoms with van der Waals surface area (Å²) in [6, 6.07) is 17.4. The number of nitrogens with zero attached hydrogens (tertiary/aromatic N) is 1. The molecule has 198 valence electrons. The lowest BCUT2D eigenvalue weighted by molar-refractivity contribution is -0.139. The topological polar surface area (TPSA) is 93.1 Å². The average Bonchev–Trinajstić information content (AvgIpc) is 3.27. The molecule has 1 saturated carbocycles. The van der Waals surface area contributed by atoms with Crippen molar-refractivity contribution >= 4 is 56.9 Å². The van der Waals surface area contributed by atoms with E-state index in [1.54, 1.807) is 6.08 Å². The molecule has 0 radical (unpaired) electrons. The molecule has 4 rings (SSSR count). The van der Waals surface area contributed by atoms with Crippen LogP contribution in [0.1, 0.15) is 47.3 Å². The van der Waals surface area contributed by atoms with Crippen molar-refractivity contribution < 1.29 is 29.0 Å². The van der Waals surface area contributed by atoms with Gasteiger partial charge in [-0.2, -0.15) is 0 Å². The second-order valence-corrected chi connectivity index (χ2v) is 10.7. The Morgan fingerprint density at radius 1 is 1.08 bits per heavy atom. The Morgan fingerprint density at radius 3 is 2.50 bits per heavy atom. The van der Waals surface area contributed by atoms with E-state index >= 15 is 0 Å². The standard InChI is InChI=1S/C29H28BrNO6S/c1-36-29(35)28-26(37-18-24(33)34)25(30)27(38-28)20-11-8-14-22(17-20)31(21-12-6-3-7-13-21)23(32)16-15-19-9-4-2-5-10-19/h2,4-5,8-11,14-17,21H,3,6-7,12-13,18H2,1H3,(H,33,34)/b16-15+. The van der Waals surface area contributed by atoms with E-state index in [2.05, 4.69) is 15.9 Å². The number of hydrogen-bond acceptors (Lipinski definition) is 6. The average molecular weight is 599 g/mol. The van der Waals surface area contributed by atoms with Crippen LogP contribution in [0, 0.1) is 0 Å². The van der Waals surface area contributed by atoms with Gasteiger partial charge in [-0.3, -0.25) is 4.79 Å². The van der Waals surface area contributed by atoms with Gasteiger partial charge in [-0.05, 0) is 58.1 Å². The third-order valence-electron chi connectivity index (χ3n) is 6.30. The molecule has 0 bridgehead atoms. The molecular formula is C29H28BrNO6S. The summed E-state index contributed by atoms with van der Waals surface area (Å²) in [6.07, 6.45) is 8.60. The number of anilines is 1. The van der Waals surface area contributed by atoms with Gasteiger partial charge in [0, 0.05) is 17.8 Å². The first-order valence-corrected chi connectivity index (χ1v) is 13.9. The molecule has 0 aliphatic heterocycles. The lowest BCUT2D eigenvalue weighted by Gasteiger charge is -2.34. The van der Waals surface area contributed by atoms with E-state index in [9.17, 15) is 14.4 Å². The summed E-state index contributed by atoms with van der Waals surface area (Å²) < 4.78 is 10.8. The maximum Gasteiger partial charge on any atom is 0.351 e. The molecular weight excluding hydrogens is 570 g/mol. The fourth-order valence-corrected chi connectivity index (χ4v) is 6.50. The van der Waals surface area contributed by atoms with Crippen molar-refractivity contribution in [1.29, 1.82) is 0 Å².